The lowest BCUT2D eigenvalue weighted by Gasteiger charge is -2.24. The number of anilines is 1. The van der Waals surface area contributed by atoms with Crippen LogP contribution < -0.4 is 15.4 Å². The molecule has 5 heteroatoms. The maximum atomic E-state index is 6.04. The first-order valence-electron chi connectivity index (χ1n) is 5.69. The minimum absolute atomic E-state index is 0.213. The van der Waals surface area contributed by atoms with Gasteiger partial charge in [0, 0.05) is 25.3 Å². The molecule has 2 rings (SSSR count). The van der Waals surface area contributed by atoms with Gasteiger partial charge in [-0.1, -0.05) is 11.6 Å². The second-order valence-electron chi connectivity index (χ2n) is 3.93. The van der Waals surface area contributed by atoms with E-state index in [1.54, 1.807) is 7.11 Å². The molecule has 0 aliphatic carbocycles. The van der Waals surface area contributed by atoms with Gasteiger partial charge >= 0.3 is 0 Å². The van der Waals surface area contributed by atoms with Gasteiger partial charge in [-0.05, 0) is 18.2 Å². The van der Waals surface area contributed by atoms with Crippen molar-refractivity contribution in [1.29, 1.82) is 0 Å². The molecule has 0 aromatic heterocycles. The Hall–Kier alpha value is -0.970. The van der Waals surface area contributed by atoms with Crippen LogP contribution in [-0.2, 0) is 4.74 Å². The first kappa shape index (κ1) is 12.5. The molecular weight excluding hydrogens is 240 g/mol. The van der Waals surface area contributed by atoms with Gasteiger partial charge in [0.25, 0.3) is 0 Å². The van der Waals surface area contributed by atoms with Crippen molar-refractivity contribution >= 4 is 17.3 Å². The SMILES string of the molecule is COc1ccc(NCC2CNCCO2)cc1Cl. The Morgan fingerprint density at radius 3 is 3.12 bits per heavy atom. The highest BCUT2D eigenvalue weighted by atomic mass is 35.5. The van der Waals surface area contributed by atoms with E-state index < -0.39 is 0 Å². The lowest BCUT2D eigenvalue weighted by molar-refractivity contribution is 0.0372. The van der Waals surface area contributed by atoms with Crippen molar-refractivity contribution in [3.8, 4) is 5.75 Å². The highest BCUT2D eigenvalue weighted by Gasteiger charge is 2.12. The summed E-state index contributed by atoms with van der Waals surface area (Å²) in [6.07, 6.45) is 0.213. The molecule has 2 N–H and O–H groups in total. The molecule has 1 aromatic carbocycles. The van der Waals surface area contributed by atoms with Crippen LogP contribution in [0.5, 0.6) is 5.75 Å². The predicted octanol–water partition coefficient (Wildman–Crippen LogP) is 1.75. The van der Waals surface area contributed by atoms with Crippen LogP contribution in [0.1, 0.15) is 0 Å². The van der Waals surface area contributed by atoms with Gasteiger partial charge in [-0.2, -0.15) is 0 Å². The molecular formula is C12H17ClN2O2. The third-order valence-electron chi connectivity index (χ3n) is 2.69. The van der Waals surface area contributed by atoms with Gasteiger partial charge in [0.05, 0.1) is 24.8 Å². The maximum Gasteiger partial charge on any atom is 0.137 e. The molecule has 1 saturated heterocycles. The third kappa shape index (κ3) is 3.49. The molecule has 0 spiro atoms. The fourth-order valence-corrected chi connectivity index (χ4v) is 2.02. The van der Waals surface area contributed by atoms with E-state index in [-0.39, 0.29) is 6.10 Å². The highest BCUT2D eigenvalue weighted by molar-refractivity contribution is 6.32. The second kappa shape index (κ2) is 6.10. The van der Waals surface area contributed by atoms with Crippen molar-refractivity contribution in [3.63, 3.8) is 0 Å². The van der Waals surface area contributed by atoms with Crippen molar-refractivity contribution < 1.29 is 9.47 Å². The Labute approximate surface area is 106 Å². The molecule has 17 heavy (non-hydrogen) atoms. The quantitative estimate of drug-likeness (QED) is 0.861. The standard InChI is InChI=1S/C12H17ClN2O2/c1-16-12-3-2-9(6-11(12)13)15-8-10-7-14-4-5-17-10/h2-3,6,10,14-15H,4-5,7-8H2,1H3. The van der Waals surface area contributed by atoms with Crippen LogP contribution in [0.15, 0.2) is 18.2 Å². The lowest BCUT2D eigenvalue weighted by atomic mass is 10.2. The number of rotatable bonds is 4. The van der Waals surface area contributed by atoms with Crippen molar-refractivity contribution in [1.82, 2.24) is 5.32 Å². The number of methoxy groups -OCH3 is 1. The first-order valence-corrected chi connectivity index (χ1v) is 6.07. The van der Waals surface area contributed by atoms with E-state index in [1.807, 2.05) is 18.2 Å². The lowest BCUT2D eigenvalue weighted by Crippen LogP contribution is -2.42. The van der Waals surface area contributed by atoms with Crippen LogP contribution in [-0.4, -0.2) is 39.5 Å². The minimum Gasteiger partial charge on any atom is -0.495 e. The van der Waals surface area contributed by atoms with Gasteiger partial charge in [0.2, 0.25) is 0 Å². The van der Waals surface area contributed by atoms with E-state index in [0.717, 1.165) is 31.9 Å². The molecule has 0 radical (unpaired) electrons. The summed E-state index contributed by atoms with van der Waals surface area (Å²) in [5, 5.41) is 7.20. The van der Waals surface area contributed by atoms with Crippen LogP contribution in [0.3, 0.4) is 0 Å². The summed E-state index contributed by atoms with van der Waals surface area (Å²) in [4.78, 5) is 0. The molecule has 0 bridgehead atoms. The largest absolute Gasteiger partial charge is 0.495 e. The summed E-state index contributed by atoms with van der Waals surface area (Å²) in [6.45, 7) is 3.37. The molecule has 1 aliphatic heterocycles. The van der Waals surface area contributed by atoms with Crippen molar-refractivity contribution in [2.24, 2.45) is 0 Å². The Kier molecular flexibility index (Phi) is 4.48. The van der Waals surface area contributed by atoms with Crippen LogP contribution in [0.4, 0.5) is 5.69 Å². The van der Waals surface area contributed by atoms with Gasteiger partial charge in [-0.15, -0.1) is 0 Å². The first-order chi connectivity index (χ1) is 8.29. The van der Waals surface area contributed by atoms with Gasteiger partial charge in [0.15, 0.2) is 0 Å². The van der Waals surface area contributed by atoms with E-state index >= 15 is 0 Å². The van der Waals surface area contributed by atoms with Crippen LogP contribution in [0.2, 0.25) is 5.02 Å². The van der Waals surface area contributed by atoms with Gasteiger partial charge in [-0.25, -0.2) is 0 Å². The second-order valence-corrected chi connectivity index (χ2v) is 4.33. The van der Waals surface area contributed by atoms with Crippen LogP contribution >= 0.6 is 11.6 Å². The van der Waals surface area contributed by atoms with Crippen molar-refractivity contribution in [2.75, 3.05) is 38.7 Å². The Morgan fingerprint density at radius 1 is 1.59 bits per heavy atom. The van der Waals surface area contributed by atoms with E-state index in [0.29, 0.717) is 10.8 Å². The number of ether oxygens (including phenoxy) is 2. The molecule has 1 atom stereocenters. The summed E-state index contributed by atoms with van der Waals surface area (Å²) in [7, 11) is 1.61. The van der Waals surface area contributed by atoms with E-state index in [9.17, 15) is 0 Å². The predicted molar refractivity (Wildman–Crippen MR) is 69.1 cm³/mol. The number of hydrogen-bond acceptors (Lipinski definition) is 4. The number of nitrogens with one attached hydrogen (secondary N) is 2. The zero-order valence-corrected chi connectivity index (χ0v) is 10.6. The molecule has 4 nitrogen and oxygen atoms in total. The topological polar surface area (TPSA) is 42.5 Å². The maximum absolute atomic E-state index is 6.04. The number of benzene rings is 1. The summed E-state index contributed by atoms with van der Waals surface area (Å²) in [5.74, 6) is 0.688. The number of halogens is 1. The van der Waals surface area contributed by atoms with Crippen molar-refractivity contribution in [3.05, 3.63) is 23.2 Å². The van der Waals surface area contributed by atoms with Crippen LogP contribution in [0, 0.1) is 0 Å². The zero-order chi connectivity index (χ0) is 12.1. The average molecular weight is 257 g/mol. The van der Waals surface area contributed by atoms with Crippen molar-refractivity contribution in [2.45, 2.75) is 6.10 Å². The summed E-state index contributed by atoms with van der Waals surface area (Å²) in [6, 6.07) is 5.66. The van der Waals surface area contributed by atoms with E-state index in [1.165, 1.54) is 0 Å². The molecule has 1 unspecified atom stereocenters. The Balaban J connectivity index is 1.87. The van der Waals surface area contributed by atoms with Gasteiger partial charge in [-0.3, -0.25) is 0 Å². The molecule has 1 aromatic rings. The molecule has 1 heterocycles. The van der Waals surface area contributed by atoms with Gasteiger partial charge < -0.3 is 20.1 Å². The minimum atomic E-state index is 0.213. The average Bonchev–Trinajstić information content (AvgIpc) is 2.38. The Morgan fingerprint density at radius 2 is 2.47 bits per heavy atom. The monoisotopic (exact) mass is 256 g/mol. The fourth-order valence-electron chi connectivity index (χ4n) is 1.76. The summed E-state index contributed by atoms with van der Waals surface area (Å²) in [5.41, 5.74) is 0.977. The van der Waals surface area contributed by atoms with Crippen LogP contribution in [0.25, 0.3) is 0 Å². The zero-order valence-electron chi connectivity index (χ0n) is 9.83. The summed E-state index contributed by atoms with van der Waals surface area (Å²) >= 11 is 6.04. The molecule has 0 saturated carbocycles. The molecule has 94 valence electrons. The summed E-state index contributed by atoms with van der Waals surface area (Å²) < 4.78 is 10.7. The molecule has 1 aliphatic rings. The fraction of sp³-hybridized carbons (Fsp3) is 0.500. The molecule has 1 fully saturated rings. The van der Waals surface area contributed by atoms with E-state index in [2.05, 4.69) is 10.6 Å². The number of hydrogen-bond donors (Lipinski definition) is 2. The number of morpholine rings is 1. The highest BCUT2D eigenvalue weighted by Crippen LogP contribution is 2.27. The normalized spacial score (nSPS) is 20.0. The Bertz CT molecular complexity index is 368. The third-order valence-corrected chi connectivity index (χ3v) is 2.99. The van der Waals surface area contributed by atoms with E-state index in [4.69, 9.17) is 21.1 Å². The van der Waals surface area contributed by atoms with Gasteiger partial charge in [0.1, 0.15) is 5.75 Å². The smallest absolute Gasteiger partial charge is 0.137 e. The molecule has 0 amide bonds.